The average Bonchev–Trinajstić information content (AvgIpc) is 3.14. The number of nitrogens with one attached hydrogen (secondary N) is 1. The minimum absolute atomic E-state index is 0. The van der Waals surface area contributed by atoms with Gasteiger partial charge in [0.05, 0.1) is 17.8 Å². The quantitative estimate of drug-likeness (QED) is 0.644. The molecule has 3 aromatic rings. The Hall–Kier alpha value is -2.70. The predicted molar refractivity (Wildman–Crippen MR) is 118 cm³/mol. The molecule has 0 bridgehead atoms. The highest BCUT2D eigenvalue weighted by atomic mass is 35.5. The zero-order valence-electron chi connectivity index (χ0n) is 16.6. The monoisotopic (exact) mass is 428 g/mol. The molecule has 1 heterocycles. The smallest absolute Gasteiger partial charge is 0.224 e. The zero-order chi connectivity index (χ0) is 20.2. The summed E-state index contributed by atoms with van der Waals surface area (Å²) >= 11 is 0. The van der Waals surface area contributed by atoms with Crippen molar-refractivity contribution in [2.45, 2.75) is 44.2 Å². The molecule has 30 heavy (non-hydrogen) atoms. The van der Waals surface area contributed by atoms with Crippen molar-refractivity contribution in [1.29, 1.82) is 0 Å². The van der Waals surface area contributed by atoms with Crippen molar-refractivity contribution < 1.29 is 9.18 Å². The van der Waals surface area contributed by atoms with Gasteiger partial charge in [-0.2, -0.15) is 5.10 Å². The first-order valence-corrected chi connectivity index (χ1v) is 10.0. The molecule has 158 valence electrons. The Morgan fingerprint density at radius 2 is 1.73 bits per heavy atom. The highest BCUT2D eigenvalue weighted by Crippen LogP contribution is 2.25. The first-order valence-electron chi connectivity index (χ1n) is 10.0. The van der Waals surface area contributed by atoms with E-state index < -0.39 is 0 Å². The lowest BCUT2D eigenvalue weighted by Crippen LogP contribution is -2.41. The zero-order valence-corrected chi connectivity index (χ0v) is 17.4. The molecule has 1 fully saturated rings. The van der Waals surface area contributed by atoms with Gasteiger partial charge in [-0.1, -0.05) is 18.2 Å². The number of halogens is 2. The summed E-state index contributed by atoms with van der Waals surface area (Å²) in [5.74, 6) is -0.326. The third-order valence-electron chi connectivity index (χ3n) is 5.42. The number of hydrogen-bond acceptors (Lipinski definition) is 3. The van der Waals surface area contributed by atoms with Crippen LogP contribution in [0.2, 0.25) is 0 Å². The summed E-state index contributed by atoms with van der Waals surface area (Å²) in [4.78, 5) is 12.7. The van der Waals surface area contributed by atoms with Gasteiger partial charge in [-0.15, -0.1) is 12.4 Å². The standard InChI is InChI=1S/C23H25FN4O.ClH/c24-18-8-6-16(7-9-18)23-17(15-28(27-23)21-4-2-1-3-5-21)14-22(29)26-20-12-10-19(25)11-13-20;/h1-9,15,19-20H,10-14,25H2,(H,26,29);1H. The molecule has 1 amide bonds. The summed E-state index contributed by atoms with van der Waals surface area (Å²) in [5, 5.41) is 7.82. The molecule has 0 aliphatic heterocycles. The third-order valence-corrected chi connectivity index (χ3v) is 5.42. The lowest BCUT2D eigenvalue weighted by molar-refractivity contribution is -0.121. The van der Waals surface area contributed by atoms with Crippen LogP contribution in [0.5, 0.6) is 0 Å². The van der Waals surface area contributed by atoms with E-state index in [1.807, 2.05) is 36.5 Å². The second-order valence-electron chi connectivity index (χ2n) is 7.65. The Morgan fingerprint density at radius 1 is 1.07 bits per heavy atom. The number of para-hydroxylation sites is 1. The normalized spacial score (nSPS) is 18.5. The number of amides is 1. The van der Waals surface area contributed by atoms with E-state index in [1.54, 1.807) is 16.8 Å². The van der Waals surface area contributed by atoms with E-state index >= 15 is 0 Å². The number of carbonyl (C=O) groups excluding carboxylic acids is 1. The van der Waals surface area contributed by atoms with Gasteiger partial charge in [0.15, 0.2) is 0 Å². The van der Waals surface area contributed by atoms with E-state index in [0.717, 1.165) is 42.5 Å². The molecular weight excluding hydrogens is 403 g/mol. The summed E-state index contributed by atoms with van der Waals surface area (Å²) in [5.41, 5.74) is 9.14. The minimum Gasteiger partial charge on any atom is -0.353 e. The first kappa shape index (κ1) is 22.0. The van der Waals surface area contributed by atoms with Gasteiger partial charge in [-0.05, 0) is 62.1 Å². The Kier molecular flexibility index (Phi) is 7.24. The van der Waals surface area contributed by atoms with Crippen LogP contribution in [0.1, 0.15) is 31.2 Å². The molecule has 0 unspecified atom stereocenters. The van der Waals surface area contributed by atoms with Crippen molar-refractivity contribution in [3.8, 4) is 16.9 Å². The third kappa shape index (κ3) is 5.26. The summed E-state index contributed by atoms with van der Waals surface area (Å²) in [7, 11) is 0. The molecule has 1 aromatic heterocycles. The van der Waals surface area contributed by atoms with E-state index in [-0.39, 0.29) is 42.6 Å². The first-order chi connectivity index (χ1) is 14.1. The van der Waals surface area contributed by atoms with E-state index in [4.69, 9.17) is 5.73 Å². The number of carbonyl (C=O) groups is 1. The SMILES string of the molecule is Cl.NC1CCC(NC(=O)Cc2cn(-c3ccccc3)nc2-c2ccc(F)cc2)CC1. The predicted octanol–water partition coefficient (Wildman–Crippen LogP) is 4.03. The maximum atomic E-state index is 13.4. The van der Waals surface area contributed by atoms with Crippen LogP contribution in [-0.4, -0.2) is 27.8 Å². The Morgan fingerprint density at radius 3 is 2.40 bits per heavy atom. The molecule has 1 aliphatic carbocycles. The van der Waals surface area contributed by atoms with Crippen LogP contribution >= 0.6 is 12.4 Å². The molecule has 3 N–H and O–H groups in total. The largest absolute Gasteiger partial charge is 0.353 e. The van der Waals surface area contributed by atoms with Gasteiger partial charge >= 0.3 is 0 Å². The molecule has 5 nitrogen and oxygen atoms in total. The van der Waals surface area contributed by atoms with Crippen molar-refractivity contribution in [3.05, 3.63) is 72.2 Å². The van der Waals surface area contributed by atoms with Gasteiger partial charge < -0.3 is 11.1 Å². The highest BCUT2D eigenvalue weighted by molar-refractivity contribution is 5.85. The second kappa shape index (κ2) is 9.87. The van der Waals surface area contributed by atoms with Crippen molar-refractivity contribution in [2.24, 2.45) is 5.73 Å². The Labute approximate surface area is 181 Å². The van der Waals surface area contributed by atoms with Crippen molar-refractivity contribution in [2.75, 3.05) is 0 Å². The van der Waals surface area contributed by atoms with Crippen molar-refractivity contribution in [1.82, 2.24) is 15.1 Å². The molecule has 7 heteroatoms. The fraction of sp³-hybridized carbons (Fsp3) is 0.304. The highest BCUT2D eigenvalue weighted by Gasteiger charge is 2.21. The molecule has 0 radical (unpaired) electrons. The van der Waals surface area contributed by atoms with Gasteiger partial charge in [0.2, 0.25) is 5.91 Å². The van der Waals surface area contributed by atoms with Crippen molar-refractivity contribution >= 4 is 18.3 Å². The average molecular weight is 429 g/mol. The van der Waals surface area contributed by atoms with Crippen LogP contribution in [0.15, 0.2) is 60.8 Å². The Balaban J connectivity index is 0.00000256. The topological polar surface area (TPSA) is 72.9 Å². The number of nitrogens with two attached hydrogens (primary N) is 1. The molecular formula is C23H26ClFN4O. The summed E-state index contributed by atoms with van der Waals surface area (Å²) in [6, 6.07) is 16.4. The number of nitrogens with zero attached hydrogens (tertiary/aromatic N) is 2. The maximum Gasteiger partial charge on any atom is 0.224 e. The number of benzene rings is 2. The molecule has 0 spiro atoms. The van der Waals surface area contributed by atoms with Crippen molar-refractivity contribution in [3.63, 3.8) is 0 Å². The fourth-order valence-corrected chi connectivity index (χ4v) is 3.82. The second-order valence-corrected chi connectivity index (χ2v) is 7.65. The van der Waals surface area contributed by atoms with E-state index in [9.17, 15) is 9.18 Å². The lowest BCUT2D eigenvalue weighted by atomic mass is 9.91. The molecule has 4 rings (SSSR count). The Bertz CT molecular complexity index is 967. The minimum atomic E-state index is -0.300. The number of aromatic nitrogens is 2. The molecule has 0 atom stereocenters. The summed E-state index contributed by atoms with van der Waals surface area (Å²) in [6.45, 7) is 0. The van der Waals surface area contributed by atoms with Crippen LogP contribution in [0.3, 0.4) is 0 Å². The molecule has 1 aliphatic rings. The van der Waals surface area contributed by atoms with E-state index in [2.05, 4.69) is 10.4 Å². The van der Waals surface area contributed by atoms with Crippen LogP contribution in [0.4, 0.5) is 4.39 Å². The molecule has 2 aromatic carbocycles. The maximum absolute atomic E-state index is 13.4. The molecule has 0 saturated heterocycles. The van der Waals surface area contributed by atoms with Crippen LogP contribution in [0.25, 0.3) is 16.9 Å². The van der Waals surface area contributed by atoms with Gasteiger partial charge in [0.1, 0.15) is 5.82 Å². The summed E-state index contributed by atoms with van der Waals surface area (Å²) in [6.07, 6.45) is 5.82. The van der Waals surface area contributed by atoms with Gasteiger partial charge in [-0.3, -0.25) is 4.79 Å². The van der Waals surface area contributed by atoms with Gasteiger partial charge in [0, 0.05) is 29.4 Å². The lowest BCUT2D eigenvalue weighted by Gasteiger charge is -2.26. The van der Waals surface area contributed by atoms with Gasteiger partial charge in [0.25, 0.3) is 0 Å². The van der Waals surface area contributed by atoms with E-state index in [1.165, 1.54) is 12.1 Å². The van der Waals surface area contributed by atoms with Gasteiger partial charge in [-0.25, -0.2) is 9.07 Å². The molecule has 1 saturated carbocycles. The number of rotatable bonds is 5. The summed E-state index contributed by atoms with van der Waals surface area (Å²) < 4.78 is 15.1. The van der Waals surface area contributed by atoms with E-state index in [0.29, 0.717) is 5.69 Å². The fourth-order valence-electron chi connectivity index (χ4n) is 3.82. The van der Waals surface area contributed by atoms with Crippen LogP contribution in [0, 0.1) is 5.82 Å². The van der Waals surface area contributed by atoms with Crippen LogP contribution in [-0.2, 0) is 11.2 Å². The number of hydrogen-bond donors (Lipinski definition) is 2. The van der Waals surface area contributed by atoms with Crippen LogP contribution < -0.4 is 11.1 Å².